The van der Waals surface area contributed by atoms with Crippen molar-refractivity contribution in [2.75, 3.05) is 7.11 Å². The summed E-state index contributed by atoms with van der Waals surface area (Å²) in [4.78, 5) is 0. The lowest BCUT2D eigenvalue weighted by atomic mass is 10.1. The van der Waals surface area contributed by atoms with Crippen molar-refractivity contribution in [1.29, 1.82) is 0 Å². The number of benzene rings is 1. The molecule has 0 bridgehead atoms. The van der Waals surface area contributed by atoms with E-state index in [1.165, 1.54) is 12.8 Å². The number of methoxy groups -OCH3 is 1. The molecule has 0 saturated heterocycles. The molecular weight excluding hydrogens is 306 g/mol. The summed E-state index contributed by atoms with van der Waals surface area (Å²) in [6.07, 6.45) is 5.96. The van der Waals surface area contributed by atoms with Crippen LogP contribution in [0.4, 0.5) is 0 Å². The van der Waals surface area contributed by atoms with Gasteiger partial charge in [0.25, 0.3) is 0 Å². The monoisotopic (exact) mass is 327 g/mol. The molecule has 0 spiro atoms. The number of nitrogens with two attached hydrogens (primary N) is 1. The summed E-state index contributed by atoms with van der Waals surface area (Å²) in [5.41, 5.74) is 7.02. The highest BCUT2D eigenvalue weighted by Gasteiger charge is 2.19. The number of hydrogen-bond acceptors (Lipinski definition) is 3. The maximum Gasteiger partial charge on any atom is 0.162 e. The third-order valence-corrected chi connectivity index (χ3v) is 4.21. The topological polar surface area (TPSA) is 44.5 Å². The van der Waals surface area contributed by atoms with Gasteiger partial charge in [0.1, 0.15) is 0 Å². The SMILES string of the molecule is COc1cc(CC(C)N)c(Br)cc1OC1CCCC1. The predicted molar refractivity (Wildman–Crippen MR) is 80.9 cm³/mol. The van der Waals surface area contributed by atoms with Crippen molar-refractivity contribution in [1.82, 2.24) is 0 Å². The smallest absolute Gasteiger partial charge is 0.162 e. The van der Waals surface area contributed by atoms with Crippen molar-refractivity contribution in [3.05, 3.63) is 22.2 Å². The van der Waals surface area contributed by atoms with Crippen molar-refractivity contribution >= 4 is 15.9 Å². The summed E-state index contributed by atoms with van der Waals surface area (Å²) in [6.45, 7) is 2.00. The van der Waals surface area contributed by atoms with Gasteiger partial charge in [0, 0.05) is 10.5 Å². The van der Waals surface area contributed by atoms with Crippen LogP contribution in [0.3, 0.4) is 0 Å². The Labute approximate surface area is 123 Å². The minimum atomic E-state index is 0.127. The van der Waals surface area contributed by atoms with Crippen LogP contribution in [0.15, 0.2) is 16.6 Å². The van der Waals surface area contributed by atoms with Crippen molar-refractivity contribution in [2.24, 2.45) is 5.73 Å². The Morgan fingerprint density at radius 2 is 2.00 bits per heavy atom. The van der Waals surface area contributed by atoms with Gasteiger partial charge in [0.15, 0.2) is 11.5 Å². The number of ether oxygens (including phenoxy) is 2. The van der Waals surface area contributed by atoms with Crippen LogP contribution in [-0.4, -0.2) is 19.3 Å². The molecule has 1 fully saturated rings. The van der Waals surface area contributed by atoms with Gasteiger partial charge in [-0.25, -0.2) is 0 Å². The summed E-state index contributed by atoms with van der Waals surface area (Å²) in [7, 11) is 1.68. The molecule has 2 rings (SSSR count). The first kappa shape index (κ1) is 14.7. The molecule has 1 aliphatic carbocycles. The number of rotatable bonds is 5. The second-order valence-corrected chi connectivity index (χ2v) is 6.15. The van der Waals surface area contributed by atoms with Crippen LogP contribution < -0.4 is 15.2 Å². The molecule has 106 valence electrons. The van der Waals surface area contributed by atoms with Gasteiger partial charge < -0.3 is 15.2 Å². The lowest BCUT2D eigenvalue weighted by Crippen LogP contribution is -2.18. The van der Waals surface area contributed by atoms with E-state index in [9.17, 15) is 0 Å². The fourth-order valence-electron chi connectivity index (χ4n) is 2.52. The van der Waals surface area contributed by atoms with Gasteiger partial charge in [0.05, 0.1) is 13.2 Å². The Balaban J connectivity index is 2.20. The molecule has 3 nitrogen and oxygen atoms in total. The standard InChI is InChI=1S/C15H22BrNO2/c1-10(17)7-11-8-14(18-2)15(9-13(11)16)19-12-5-3-4-6-12/h8-10,12H,3-7,17H2,1-2H3. The normalized spacial score (nSPS) is 17.5. The first-order chi connectivity index (χ1) is 9.10. The average molecular weight is 328 g/mol. The van der Waals surface area contributed by atoms with Crippen LogP contribution in [0.2, 0.25) is 0 Å². The lowest BCUT2D eigenvalue weighted by Gasteiger charge is -2.18. The highest BCUT2D eigenvalue weighted by atomic mass is 79.9. The molecule has 0 aliphatic heterocycles. The van der Waals surface area contributed by atoms with Crippen LogP contribution in [0, 0.1) is 0 Å². The molecule has 1 unspecified atom stereocenters. The zero-order valence-electron chi connectivity index (χ0n) is 11.6. The van der Waals surface area contributed by atoms with Gasteiger partial charge in [0.2, 0.25) is 0 Å². The highest BCUT2D eigenvalue weighted by molar-refractivity contribution is 9.10. The molecule has 1 saturated carbocycles. The first-order valence-electron chi connectivity index (χ1n) is 6.88. The Kier molecular flexibility index (Phi) is 5.11. The van der Waals surface area contributed by atoms with Crippen molar-refractivity contribution in [3.63, 3.8) is 0 Å². The molecule has 0 heterocycles. The molecule has 1 aliphatic rings. The molecule has 4 heteroatoms. The minimum Gasteiger partial charge on any atom is -0.493 e. The average Bonchev–Trinajstić information content (AvgIpc) is 2.85. The summed E-state index contributed by atoms with van der Waals surface area (Å²) in [6, 6.07) is 4.16. The van der Waals surface area contributed by atoms with E-state index >= 15 is 0 Å². The van der Waals surface area contributed by atoms with Gasteiger partial charge in [-0.1, -0.05) is 15.9 Å². The maximum absolute atomic E-state index is 6.05. The largest absolute Gasteiger partial charge is 0.493 e. The van der Waals surface area contributed by atoms with Gasteiger partial charge in [-0.3, -0.25) is 0 Å². The highest BCUT2D eigenvalue weighted by Crippen LogP contribution is 2.36. The van der Waals surface area contributed by atoms with E-state index in [0.717, 1.165) is 40.8 Å². The molecule has 0 aromatic heterocycles. The van der Waals surface area contributed by atoms with Crippen molar-refractivity contribution < 1.29 is 9.47 Å². The molecule has 1 aromatic carbocycles. The Hall–Kier alpha value is -0.740. The molecule has 19 heavy (non-hydrogen) atoms. The quantitative estimate of drug-likeness (QED) is 0.897. The van der Waals surface area contributed by atoms with Gasteiger partial charge in [-0.15, -0.1) is 0 Å². The third kappa shape index (κ3) is 3.86. The van der Waals surface area contributed by atoms with Gasteiger partial charge in [-0.2, -0.15) is 0 Å². The molecule has 0 amide bonds. The van der Waals surface area contributed by atoms with Crippen LogP contribution in [0.25, 0.3) is 0 Å². The summed E-state index contributed by atoms with van der Waals surface area (Å²) >= 11 is 3.60. The fourth-order valence-corrected chi connectivity index (χ4v) is 3.00. The minimum absolute atomic E-state index is 0.127. The summed E-state index contributed by atoms with van der Waals surface area (Å²) < 4.78 is 12.5. The van der Waals surface area contributed by atoms with Crippen LogP contribution >= 0.6 is 15.9 Å². The van der Waals surface area contributed by atoms with E-state index in [4.69, 9.17) is 15.2 Å². The fraction of sp³-hybridized carbons (Fsp3) is 0.600. The second-order valence-electron chi connectivity index (χ2n) is 5.30. The summed E-state index contributed by atoms with van der Waals surface area (Å²) in [5.74, 6) is 1.63. The van der Waals surface area contributed by atoms with Crippen LogP contribution in [0.1, 0.15) is 38.2 Å². The molecule has 0 radical (unpaired) electrons. The zero-order valence-corrected chi connectivity index (χ0v) is 13.2. The first-order valence-corrected chi connectivity index (χ1v) is 7.68. The van der Waals surface area contributed by atoms with Crippen molar-refractivity contribution in [2.45, 2.75) is 51.2 Å². The number of halogens is 1. The Bertz CT molecular complexity index is 428. The van der Waals surface area contributed by atoms with Gasteiger partial charge in [-0.05, 0) is 56.7 Å². The number of hydrogen-bond donors (Lipinski definition) is 1. The van der Waals surface area contributed by atoms with E-state index in [1.54, 1.807) is 7.11 Å². The Morgan fingerprint density at radius 1 is 1.32 bits per heavy atom. The Morgan fingerprint density at radius 3 is 2.58 bits per heavy atom. The zero-order chi connectivity index (χ0) is 13.8. The van der Waals surface area contributed by atoms with E-state index in [1.807, 2.05) is 19.1 Å². The van der Waals surface area contributed by atoms with Gasteiger partial charge >= 0.3 is 0 Å². The van der Waals surface area contributed by atoms with Crippen LogP contribution in [-0.2, 0) is 6.42 Å². The van der Waals surface area contributed by atoms with E-state index in [-0.39, 0.29) is 6.04 Å². The van der Waals surface area contributed by atoms with E-state index in [0.29, 0.717) is 6.10 Å². The van der Waals surface area contributed by atoms with Crippen molar-refractivity contribution in [3.8, 4) is 11.5 Å². The molecular formula is C15H22BrNO2. The second kappa shape index (κ2) is 6.62. The molecule has 1 atom stereocenters. The van der Waals surface area contributed by atoms with E-state index in [2.05, 4.69) is 15.9 Å². The molecule has 1 aromatic rings. The lowest BCUT2D eigenvalue weighted by molar-refractivity contribution is 0.200. The maximum atomic E-state index is 6.05. The van der Waals surface area contributed by atoms with E-state index < -0.39 is 0 Å². The third-order valence-electron chi connectivity index (χ3n) is 3.47. The van der Waals surface area contributed by atoms with Crippen LogP contribution in [0.5, 0.6) is 11.5 Å². The molecule has 2 N–H and O–H groups in total. The summed E-state index contributed by atoms with van der Waals surface area (Å²) in [5, 5.41) is 0. The predicted octanol–water partition coefficient (Wildman–Crippen LogP) is 3.67.